The zero-order chi connectivity index (χ0) is 14.4. The predicted molar refractivity (Wildman–Crippen MR) is 70.2 cm³/mol. The van der Waals surface area contributed by atoms with Crippen LogP contribution in [0.3, 0.4) is 0 Å². The van der Waals surface area contributed by atoms with Crippen molar-refractivity contribution in [1.29, 1.82) is 0 Å². The molecule has 0 aliphatic carbocycles. The second kappa shape index (κ2) is 6.69. The zero-order valence-electron chi connectivity index (χ0n) is 10.9. The summed E-state index contributed by atoms with van der Waals surface area (Å²) in [4.78, 5) is 22.1. The lowest BCUT2D eigenvalue weighted by Gasteiger charge is -2.09. The van der Waals surface area contributed by atoms with Crippen molar-refractivity contribution >= 4 is 11.6 Å². The van der Waals surface area contributed by atoms with Gasteiger partial charge in [0.2, 0.25) is 0 Å². The Morgan fingerprint density at radius 2 is 2.26 bits per heavy atom. The summed E-state index contributed by atoms with van der Waals surface area (Å²) in [6.07, 6.45) is 0. The smallest absolute Gasteiger partial charge is 0.311 e. The molecule has 1 atom stereocenters. The third-order valence-electron chi connectivity index (χ3n) is 2.30. The Kier molecular flexibility index (Phi) is 5.25. The van der Waals surface area contributed by atoms with Crippen molar-refractivity contribution in [2.45, 2.75) is 19.9 Å². The third-order valence-corrected chi connectivity index (χ3v) is 2.30. The molecular formula is C12H17N3O4. The lowest BCUT2D eigenvalue weighted by Crippen LogP contribution is -2.35. The quantitative estimate of drug-likeness (QED) is 0.592. The molecule has 0 fully saturated rings. The van der Waals surface area contributed by atoms with Crippen LogP contribution in [0.1, 0.15) is 24.2 Å². The van der Waals surface area contributed by atoms with Crippen molar-refractivity contribution in [3.05, 3.63) is 33.9 Å². The van der Waals surface area contributed by atoms with E-state index < -0.39 is 10.8 Å². The number of nitrogens with two attached hydrogens (primary N) is 1. The van der Waals surface area contributed by atoms with Crippen molar-refractivity contribution < 1.29 is 14.5 Å². The molecule has 0 aliphatic heterocycles. The first-order valence-electron chi connectivity index (χ1n) is 5.90. The Labute approximate surface area is 110 Å². The minimum atomic E-state index is -0.576. The number of rotatable bonds is 6. The number of amides is 1. The summed E-state index contributed by atoms with van der Waals surface area (Å²) in [7, 11) is 0. The Hall–Kier alpha value is -2.15. The molecule has 0 aliphatic rings. The highest BCUT2D eigenvalue weighted by atomic mass is 16.6. The minimum absolute atomic E-state index is 0.149. The first-order valence-corrected chi connectivity index (χ1v) is 5.90. The van der Waals surface area contributed by atoms with Gasteiger partial charge in [0.15, 0.2) is 5.75 Å². The van der Waals surface area contributed by atoms with E-state index in [1.807, 2.05) is 0 Å². The van der Waals surface area contributed by atoms with Gasteiger partial charge in [-0.2, -0.15) is 0 Å². The summed E-state index contributed by atoms with van der Waals surface area (Å²) in [5.41, 5.74) is 5.50. The molecule has 1 unspecified atom stereocenters. The van der Waals surface area contributed by atoms with Gasteiger partial charge in [-0.3, -0.25) is 14.9 Å². The highest BCUT2D eigenvalue weighted by Crippen LogP contribution is 2.27. The molecule has 0 saturated heterocycles. The number of nitrogens with zero attached hydrogens (tertiary/aromatic N) is 1. The summed E-state index contributed by atoms with van der Waals surface area (Å²) in [5, 5.41) is 13.5. The summed E-state index contributed by atoms with van der Waals surface area (Å²) in [6, 6.07) is 3.92. The lowest BCUT2D eigenvalue weighted by molar-refractivity contribution is -0.385. The third kappa shape index (κ3) is 4.22. The predicted octanol–water partition coefficient (Wildman–Crippen LogP) is 1.07. The van der Waals surface area contributed by atoms with E-state index >= 15 is 0 Å². The van der Waals surface area contributed by atoms with Crippen molar-refractivity contribution in [2.75, 3.05) is 13.2 Å². The maximum atomic E-state index is 11.8. The molecule has 0 spiro atoms. The van der Waals surface area contributed by atoms with Gasteiger partial charge in [0, 0.05) is 24.2 Å². The minimum Gasteiger partial charge on any atom is -0.487 e. The van der Waals surface area contributed by atoms with E-state index in [4.69, 9.17) is 10.5 Å². The van der Waals surface area contributed by atoms with Gasteiger partial charge in [0.25, 0.3) is 5.91 Å². The maximum absolute atomic E-state index is 11.8. The molecule has 0 saturated carbocycles. The standard InChI is InChI=1S/C12H17N3O4/c1-3-19-11-5-4-9(6-10(11)15(17)18)12(16)14-7-8(2)13/h4-6,8H,3,7,13H2,1-2H3,(H,14,16). The summed E-state index contributed by atoms with van der Waals surface area (Å²) >= 11 is 0. The molecule has 0 radical (unpaired) electrons. The van der Waals surface area contributed by atoms with E-state index in [0.29, 0.717) is 13.2 Å². The molecular weight excluding hydrogens is 250 g/mol. The van der Waals surface area contributed by atoms with Crippen LogP contribution < -0.4 is 15.8 Å². The van der Waals surface area contributed by atoms with E-state index in [1.165, 1.54) is 18.2 Å². The van der Waals surface area contributed by atoms with Gasteiger partial charge in [0.05, 0.1) is 11.5 Å². The van der Waals surface area contributed by atoms with Gasteiger partial charge in [-0.15, -0.1) is 0 Å². The number of carbonyl (C=O) groups is 1. The maximum Gasteiger partial charge on any atom is 0.311 e. The van der Waals surface area contributed by atoms with Gasteiger partial charge in [0.1, 0.15) is 0 Å². The lowest BCUT2D eigenvalue weighted by atomic mass is 10.1. The van der Waals surface area contributed by atoms with Gasteiger partial charge in [-0.05, 0) is 26.0 Å². The Bertz CT molecular complexity index is 474. The van der Waals surface area contributed by atoms with Crippen molar-refractivity contribution in [3.63, 3.8) is 0 Å². The second-order valence-electron chi connectivity index (χ2n) is 4.06. The number of nitrogens with one attached hydrogen (secondary N) is 1. The van der Waals surface area contributed by atoms with E-state index in [0.717, 1.165) is 0 Å². The average Bonchev–Trinajstić information content (AvgIpc) is 2.36. The van der Waals surface area contributed by atoms with Crippen molar-refractivity contribution in [3.8, 4) is 5.75 Å². The number of hydrogen-bond acceptors (Lipinski definition) is 5. The van der Waals surface area contributed by atoms with Crippen LogP contribution in [0, 0.1) is 10.1 Å². The molecule has 0 aromatic heterocycles. The zero-order valence-corrected chi connectivity index (χ0v) is 10.9. The van der Waals surface area contributed by atoms with Gasteiger partial charge >= 0.3 is 5.69 Å². The monoisotopic (exact) mass is 267 g/mol. The van der Waals surface area contributed by atoms with E-state index in [-0.39, 0.29) is 23.0 Å². The van der Waals surface area contributed by atoms with Crippen LogP contribution in [0.15, 0.2) is 18.2 Å². The van der Waals surface area contributed by atoms with Gasteiger partial charge in [-0.25, -0.2) is 0 Å². The molecule has 0 bridgehead atoms. The molecule has 1 aromatic rings. The Morgan fingerprint density at radius 1 is 1.58 bits per heavy atom. The first kappa shape index (κ1) is 14.9. The summed E-state index contributed by atoms with van der Waals surface area (Å²) in [6.45, 7) is 4.10. The van der Waals surface area contributed by atoms with Gasteiger partial charge in [-0.1, -0.05) is 0 Å². The first-order chi connectivity index (χ1) is 8.95. The van der Waals surface area contributed by atoms with Crippen LogP contribution in [0.5, 0.6) is 5.75 Å². The summed E-state index contributed by atoms with van der Waals surface area (Å²) < 4.78 is 5.14. The SMILES string of the molecule is CCOc1ccc(C(=O)NCC(C)N)cc1[N+](=O)[O-]. The highest BCUT2D eigenvalue weighted by Gasteiger charge is 2.18. The number of nitro benzene ring substituents is 1. The molecule has 7 nitrogen and oxygen atoms in total. The highest BCUT2D eigenvalue weighted by molar-refractivity contribution is 5.95. The fourth-order valence-electron chi connectivity index (χ4n) is 1.43. The van der Waals surface area contributed by atoms with Crippen LogP contribution in [-0.4, -0.2) is 30.0 Å². The van der Waals surface area contributed by atoms with E-state index in [9.17, 15) is 14.9 Å². The largest absolute Gasteiger partial charge is 0.487 e. The number of ether oxygens (including phenoxy) is 1. The molecule has 1 amide bonds. The summed E-state index contributed by atoms with van der Waals surface area (Å²) in [5.74, 6) is -0.250. The van der Waals surface area contributed by atoms with Crippen LogP contribution in [-0.2, 0) is 0 Å². The van der Waals surface area contributed by atoms with Crippen LogP contribution in [0.2, 0.25) is 0 Å². The van der Waals surface area contributed by atoms with Crippen molar-refractivity contribution in [1.82, 2.24) is 5.32 Å². The molecule has 0 heterocycles. The van der Waals surface area contributed by atoms with Crippen LogP contribution in [0.25, 0.3) is 0 Å². The fourth-order valence-corrected chi connectivity index (χ4v) is 1.43. The molecule has 3 N–H and O–H groups in total. The molecule has 1 aromatic carbocycles. The van der Waals surface area contributed by atoms with Crippen LogP contribution in [0.4, 0.5) is 5.69 Å². The molecule has 7 heteroatoms. The second-order valence-corrected chi connectivity index (χ2v) is 4.06. The average molecular weight is 267 g/mol. The van der Waals surface area contributed by atoms with E-state index in [1.54, 1.807) is 13.8 Å². The number of nitro groups is 1. The number of carbonyl (C=O) groups excluding carboxylic acids is 1. The number of benzene rings is 1. The molecule has 104 valence electrons. The van der Waals surface area contributed by atoms with Crippen molar-refractivity contribution in [2.24, 2.45) is 5.73 Å². The Morgan fingerprint density at radius 3 is 2.79 bits per heavy atom. The normalized spacial score (nSPS) is 11.7. The molecule has 1 rings (SSSR count). The fraction of sp³-hybridized carbons (Fsp3) is 0.417. The molecule has 19 heavy (non-hydrogen) atoms. The topological polar surface area (TPSA) is 107 Å². The van der Waals surface area contributed by atoms with Crippen LogP contribution >= 0.6 is 0 Å². The van der Waals surface area contributed by atoms with Gasteiger partial charge < -0.3 is 15.8 Å². The Balaban J connectivity index is 2.94. The van der Waals surface area contributed by atoms with E-state index in [2.05, 4.69) is 5.32 Å². The number of hydrogen-bond donors (Lipinski definition) is 2.